The molecule has 0 aromatic heterocycles. The van der Waals surface area contributed by atoms with Gasteiger partial charge in [-0.15, -0.1) is 0 Å². The highest BCUT2D eigenvalue weighted by Gasteiger charge is 2.53. The highest BCUT2D eigenvalue weighted by molar-refractivity contribution is 6.39. The minimum Gasteiger partial charge on any atom is -0.459 e. The molecular weight excluding hydrogens is 1060 g/mol. The Morgan fingerprint density at radius 2 is 1.45 bits per heavy atom. The molecule has 2 bridgehead atoms. The van der Waals surface area contributed by atoms with Crippen LogP contribution in [0.1, 0.15) is 132 Å². The van der Waals surface area contributed by atoms with Gasteiger partial charge < -0.3 is 79.0 Å². The van der Waals surface area contributed by atoms with E-state index in [0.29, 0.717) is 104 Å². The van der Waals surface area contributed by atoms with Crippen molar-refractivity contribution in [2.24, 2.45) is 35.3 Å². The zero-order valence-corrected chi connectivity index (χ0v) is 50.4. The average Bonchev–Trinajstić information content (AvgIpc) is 3.30. The van der Waals surface area contributed by atoms with Crippen molar-refractivity contribution in [1.29, 1.82) is 0 Å². The smallest absolute Gasteiger partial charge is 0.407 e. The number of amides is 2. The Balaban J connectivity index is 1.50. The van der Waals surface area contributed by atoms with E-state index in [1.165, 1.54) is 7.11 Å². The Bertz CT molecular complexity index is 2090. The average molecular weight is 1160 g/mol. The Hall–Kier alpha value is -3.97. The third kappa shape index (κ3) is 22.5. The van der Waals surface area contributed by atoms with E-state index in [9.17, 15) is 44.4 Å². The minimum atomic E-state index is -2.48. The van der Waals surface area contributed by atoms with Gasteiger partial charge in [0.2, 0.25) is 5.79 Å². The number of allylic oxidation sites excluding steroid dienone is 5. The molecule has 1 aliphatic carbocycles. The number of aliphatic hydroxyl groups excluding tert-OH is 3. The summed E-state index contributed by atoms with van der Waals surface area (Å²) in [6, 6.07) is -2.11. The lowest BCUT2D eigenvalue weighted by atomic mass is 9.80. The van der Waals surface area contributed by atoms with Crippen molar-refractivity contribution in [1.82, 2.24) is 10.2 Å². The standard InChI is InChI=1S/C61H101N3O18/c1-10-25-76-27-29-78-31-32-79-30-28-77-26-23-63-60(72)81-50-22-20-45(36-53(50)75-9)35-47(62)52-38-49(65)41(4)34-43(6)55(67)56(68)54(66)42(5)33-39(2)16-12-11-13-17-40(3)51(74-8)37-46-21-19-44(7)61(73,82-46)57(69)58(70)64-24-15-14-18-48(64)59(71)80-52/h11-13,16-17,34,39,41-42,44-53,55-56,65,67-68,73H,10,14-15,18-33,35-38,62H2,1-9H3,(H,63,72)/b13-11+,16-12+,40-17+,43-34+/t39-,41-,42-,44-,45+,46+,47-,48+,49?,50-,51+,52+,53-,55-,56+,61-/m1/s1. The molecule has 3 aliphatic heterocycles. The first-order valence-electron chi connectivity index (χ1n) is 30.0. The van der Waals surface area contributed by atoms with Gasteiger partial charge in [0.05, 0.1) is 70.7 Å². The van der Waals surface area contributed by atoms with Gasteiger partial charge in [-0.25, -0.2) is 9.59 Å². The van der Waals surface area contributed by atoms with E-state index in [2.05, 4.69) is 5.32 Å². The summed E-state index contributed by atoms with van der Waals surface area (Å²) >= 11 is 0. The quantitative estimate of drug-likeness (QED) is 0.0394. The van der Waals surface area contributed by atoms with E-state index in [4.69, 9.17) is 48.4 Å². The summed E-state index contributed by atoms with van der Waals surface area (Å²) in [5.41, 5.74) is 8.10. The molecule has 16 atom stereocenters. The molecule has 0 spiro atoms. The third-order valence-electron chi connectivity index (χ3n) is 16.4. The summed E-state index contributed by atoms with van der Waals surface area (Å²) in [5.74, 6) is -8.32. The minimum absolute atomic E-state index is 0.0314. The topological polar surface area (TPSA) is 291 Å². The predicted molar refractivity (Wildman–Crippen MR) is 306 cm³/mol. The molecule has 1 unspecified atom stereocenters. The number of nitrogens with zero attached hydrogens (tertiary/aromatic N) is 1. The number of carbonyl (C=O) groups excluding carboxylic acids is 5. The van der Waals surface area contributed by atoms with Gasteiger partial charge >= 0.3 is 12.1 Å². The fourth-order valence-electron chi connectivity index (χ4n) is 11.2. The number of aliphatic hydroxyl groups is 4. The van der Waals surface area contributed by atoms with Crippen LogP contribution in [0.5, 0.6) is 0 Å². The molecule has 0 aromatic rings. The number of ether oxygens (including phenoxy) is 9. The second-order valence-electron chi connectivity index (χ2n) is 23.0. The molecule has 82 heavy (non-hydrogen) atoms. The van der Waals surface area contributed by atoms with Crippen LogP contribution >= 0.6 is 0 Å². The Morgan fingerprint density at radius 1 is 0.780 bits per heavy atom. The van der Waals surface area contributed by atoms with Gasteiger partial charge in [-0.3, -0.25) is 14.4 Å². The van der Waals surface area contributed by atoms with Crippen molar-refractivity contribution < 1.29 is 87.0 Å². The van der Waals surface area contributed by atoms with Crippen LogP contribution in [-0.2, 0) is 61.8 Å². The molecule has 21 heteroatoms. The van der Waals surface area contributed by atoms with Crippen molar-refractivity contribution in [2.75, 3.05) is 80.2 Å². The number of hydrogen-bond donors (Lipinski definition) is 6. The molecule has 7 N–H and O–H groups in total. The van der Waals surface area contributed by atoms with Crippen LogP contribution in [0.25, 0.3) is 0 Å². The van der Waals surface area contributed by atoms with Gasteiger partial charge in [0, 0.05) is 70.6 Å². The van der Waals surface area contributed by atoms with E-state index in [1.54, 1.807) is 40.9 Å². The predicted octanol–water partition coefficient (Wildman–Crippen LogP) is 5.22. The van der Waals surface area contributed by atoms with Crippen molar-refractivity contribution in [2.45, 2.75) is 199 Å². The Kier molecular flexibility index (Phi) is 31.6. The van der Waals surface area contributed by atoms with Crippen molar-refractivity contribution >= 4 is 29.5 Å². The highest BCUT2D eigenvalue weighted by atomic mass is 16.6. The molecule has 3 heterocycles. The number of methoxy groups -OCH3 is 2. The molecule has 21 nitrogen and oxygen atoms in total. The number of Topliss-reactive ketones (excluding diaryl/α,β-unsaturated/α-hetero) is 2. The molecule has 1 saturated carbocycles. The Morgan fingerprint density at radius 3 is 2.11 bits per heavy atom. The molecule has 0 radical (unpaired) electrons. The maximum absolute atomic E-state index is 14.6. The van der Waals surface area contributed by atoms with Crippen LogP contribution in [0.15, 0.2) is 47.6 Å². The summed E-state index contributed by atoms with van der Waals surface area (Å²) in [7, 11) is 3.09. The number of cyclic esters (lactones) is 1. The highest BCUT2D eigenvalue weighted by Crippen LogP contribution is 2.37. The lowest BCUT2D eigenvalue weighted by Gasteiger charge is -2.42. The van der Waals surface area contributed by atoms with Crippen LogP contribution in [0.2, 0.25) is 0 Å². The maximum atomic E-state index is 14.6. The normalized spacial score (nSPS) is 35.3. The number of nitrogens with two attached hydrogens (primary N) is 1. The number of rotatable bonds is 20. The number of ketones is 2. The molecule has 4 rings (SSSR count). The largest absolute Gasteiger partial charge is 0.459 e. The number of fused-ring (bicyclic) bond motifs is 3. The maximum Gasteiger partial charge on any atom is 0.407 e. The summed E-state index contributed by atoms with van der Waals surface area (Å²) in [4.78, 5) is 70.8. The van der Waals surface area contributed by atoms with Crippen LogP contribution in [0.4, 0.5) is 4.79 Å². The number of piperidine rings is 1. The van der Waals surface area contributed by atoms with Crippen molar-refractivity contribution in [3.63, 3.8) is 0 Å². The fourth-order valence-corrected chi connectivity index (χ4v) is 11.2. The van der Waals surface area contributed by atoms with Crippen molar-refractivity contribution in [3.8, 4) is 0 Å². The van der Waals surface area contributed by atoms with E-state index in [0.717, 1.165) is 16.9 Å². The zero-order valence-electron chi connectivity index (χ0n) is 50.4. The van der Waals surface area contributed by atoms with E-state index < -0.39 is 114 Å². The molecule has 4 aliphatic rings. The summed E-state index contributed by atoms with van der Waals surface area (Å²) in [6.07, 6.45) is 7.70. The lowest BCUT2D eigenvalue weighted by Crippen LogP contribution is -2.61. The fraction of sp³-hybridized carbons (Fsp3) is 0.787. The first-order chi connectivity index (χ1) is 39.1. The molecular formula is C61H101N3O18. The van der Waals surface area contributed by atoms with E-state index >= 15 is 0 Å². The number of esters is 1. The SMILES string of the molecule is CCCOCCOCCOCCOCCNC(=O)O[C@@H]1CC[C@@H](C[C@@H](N)[C@@H]2CC(O)[C@H](C)/C=C(\C)[C@@H](O)[C@@H](O)C(=O)[C@H](C)C[C@H](C)/C=C/C=C/C=C(\C)[C@@H](OC)C[C@@H]3CC[C@@H](C)[C@@](O)(O3)C(=O)C(=O)N3CCCC[C@H]3C(=O)O2)C[C@H]1OC. The van der Waals surface area contributed by atoms with E-state index in [-0.39, 0.29) is 56.4 Å². The van der Waals surface area contributed by atoms with Gasteiger partial charge in [-0.1, -0.05) is 71.1 Å². The van der Waals surface area contributed by atoms with Gasteiger partial charge in [-0.2, -0.15) is 0 Å². The zero-order chi connectivity index (χ0) is 60.4. The molecule has 0 aromatic carbocycles. The lowest BCUT2D eigenvalue weighted by molar-refractivity contribution is -0.265. The van der Waals surface area contributed by atoms with E-state index in [1.807, 2.05) is 51.2 Å². The number of hydrogen-bond acceptors (Lipinski definition) is 19. The first-order valence-corrected chi connectivity index (χ1v) is 30.0. The van der Waals surface area contributed by atoms with Gasteiger partial charge in [0.1, 0.15) is 30.5 Å². The number of alkyl carbamates (subject to hydrolysis) is 1. The van der Waals surface area contributed by atoms with Crippen LogP contribution in [-0.4, -0.2) is 202 Å². The summed E-state index contributed by atoms with van der Waals surface area (Å²) in [5, 5.41) is 49.0. The van der Waals surface area contributed by atoms with Crippen LogP contribution < -0.4 is 11.1 Å². The van der Waals surface area contributed by atoms with Crippen LogP contribution in [0.3, 0.4) is 0 Å². The summed E-state index contributed by atoms with van der Waals surface area (Å²) in [6.45, 7) is 16.4. The molecule has 468 valence electrons. The van der Waals surface area contributed by atoms with Gasteiger partial charge in [-0.05, 0) is 107 Å². The number of nitrogens with one attached hydrogen (secondary N) is 1. The van der Waals surface area contributed by atoms with Crippen molar-refractivity contribution in [3.05, 3.63) is 47.6 Å². The van der Waals surface area contributed by atoms with Gasteiger partial charge in [0.25, 0.3) is 11.7 Å². The first kappa shape index (κ1) is 70.5. The Labute approximate surface area is 487 Å². The second-order valence-corrected chi connectivity index (χ2v) is 23.0. The summed E-state index contributed by atoms with van der Waals surface area (Å²) < 4.78 is 51.8. The monoisotopic (exact) mass is 1160 g/mol. The number of carbonyl (C=O) groups is 5. The molecule has 2 saturated heterocycles. The van der Waals surface area contributed by atoms with Crippen LogP contribution in [0, 0.1) is 29.6 Å². The molecule has 3 fully saturated rings. The molecule has 2 amide bonds. The second kappa shape index (κ2) is 36.8. The third-order valence-corrected chi connectivity index (χ3v) is 16.4. The van der Waals surface area contributed by atoms with Gasteiger partial charge in [0.15, 0.2) is 5.78 Å².